The Kier molecular flexibility index (Phi) is 2.01. The molecule has 0 unspecified atom stereocenters. The lowest BCUT2D eigenvalue weighted by Crippen LogP contribution is -1.98. The zero-order valence-corrected chi connectivity index (χ0v) is 10.7. The number of hydrogen-bond donors (Lipinski definition) is 2. The molecule has 3 aromatic rings. The monoisotopic (exact) mass is 253 g/mol. The van der Waals surface area contributed by atoms with E-state index in [0.29, 0.717) is 11.9 Å². The standard InChI is InChI=1S/C14H15N5/c1-8-2-5-12-11(6-8)17-14(19(12)9-3-4-9)10-7-16-18-13(10)15/h2,5-7,9H,3-4H2,1H3,(H3,15,16,18). The molecule has 0 amide bonds. The SMILES string of the molecule is Cc1ccc2c(c1)nc(-c1cn[nH]c1N)n2C1CC1. The molecule has 0 radical (unpaired) electrons. The number of nitrogens with one attached hydrogen (secondary N) is 1. The topological polar surface area (TPSA) is 72.5 Å². The fourth-order valence-electron chi connectivity index (χ4n) is 2.58. The molecular formula is C14H15N5. The van der Waals surface area contributed by atoms with Crippen molar-refractivity contribution in [2.24, 2.45) is 0 Å². The number of nitrogens with two attached hydrogens (primary N) is 1. The lowest BCUT2D eigenvalue weighted by atomic mass is 10.2. The van der Waals surface area contributed by atoms with Crippen LogP contribution in [0.3, 0.4) is 0 Å². The first-order valence-corrected chi connectivity index (χ1v) is 6.52. The predicted molar refractivity (Wildman–Crippen MR) is 74.7 cm³/mol. The molecule has 1 fully saturated rings. The number of aromatic amines is 1. The third-order valence-corrected chi connectivity index (χ3v) is 3.67. The maximum atomic E-state index is 5.94. The number of benzene rings is 1. The van der Waals surface area contributed by atoms with Crippen LogP contribution < -0.4 is 5.73 Å². The molecule has 19 heavy (non-hydrogen) atoms. The van der Waals surface area contributed by atoms with Gasteiger partial charge < -0.3 is 10.3 Å². The van der Waals surface area contributed by atoms with Crippen LogP contribution in [-0.2, 0) is 0 Å². The third-order valence-electron chi connectivity index (χ3n) is 3.67. The summed E-state index contributed by atoms with van der Waals surface area (Å²) >= 11 is 0. The fourth-order valence-corrected chi connectivity index (χ4v) is 2.58. The summed E-state index contributed by atoms with van der Waals surface area (Å²) in [6.45, 7) is 2.08. The van der Waals surface area contributed by atoms with Gasteiger partial charge >= 0.3 is 0 Å². The molecule has 2 heterocycles. The highest BCUT2D eigenvalue weighted by molar-refractivity contribution is 5.83. The average molecular weight is 253 g/mol. The zero-order valence-electron chi connectivity index (χ0n) is 10.7. The molecule has 1 aliphatic carbocycles. The summed E-state index contributed by atoms with van der Waals surface area (Å²) in [5.41, 5.74) is 10.3. The highest BCUT2D eigenvalue weighted by Crippen LogP contribution is 2.41. The number of nitrogen functional groups attached to an aromatic ring is 1. The maximum Gasteiger partial charge on any atom is 0.146 e. The Morgan fingerprint density at radius 1 is 1.37 bits per heavy atom. The zero-order chi connectivity index (χ0) is 13.0. The molecule has 0 spiro atoms. The van der Waals surface area contributed by atoms with Crippen LogP contribution in [0.25, 0.3) is 22.4 Å². The van der Waals surface area contributed by atoms with E-state index in [-0.39, 0.29) is 0 Å². The van der Waals surface area contributed by atoms with Crippen molar-refractivity contribution in [2.75, 3.05) is 5.73 Å². The van der Waals surface area contributed by atoms with Gasteiger partial charge in [-0.05, 0) is 37.5 Å². The molecule has 5 nitrogen and oxygen atoms in total. The van der Waals surface area contributed by atoms with Crippen molar-refractivity contribution in [1.82, 2.24) is 19.7 Å². The van der Waals surface area contributed by atoms with Crippen LogP contribution in [0.1, 0.15) is 24.4 Å². The van der Waals surface area contributed by atoms with E-state index in [2.05, 4.69) is 39.9 Å². The van der Waals surface area contributed by atoms with Crippen LogP contribution >= 0.6 is 0 Å². The van der Waals surface area contributed by atoms with E-state index in [9.17, 15) is 0 Å². The predicted octanol–water partition coefficient (Wildman–Crippen LogP) is 2.65. The van der Waals surface area contributed by atoms with Crippen LogP contribution in [-0.4, -0.2) is 19.7 Å². The Bertz CT molecular complexity index is 763. The lowest BCUT2D eigenvalue weighted by molar-refractivity contribution is 0.775. The molecule has 96 valence electrons. The van der Waals surface area contributed by atoms with Crippen molar-refractivity contribution in [3.8, 4) is 11.4 Å². The van der Waals surface area contributed by atoms with Crippen LogP contribution in [0, 0.1) is 6.92 Å². The number of fused-ring (bicyclic) bond motifs is 1. The molecule has 1 saturated carbocycles. The molecule has 0 saturated heterocycles. The fraction of sp³-hybridized carbons (Fsp3) is 0.286. The van der Waals surface area contributed by atoms with Gasteiger partial charge in [0.25, 0.3) is 0 Å². The van der Waals surface area contributed by atoms with E-state index in [1.165, 1.54) is 23.9 Å². The summed E-state index contributed by atoms with van der Waals surface area (Å²) in [4.78, 5) is 4.76. The molecular weight excluding hydrogens is 238 g/mol. The van der Waals surface area contributed by atoms with Gasteiger partial charge in [-0.2, -0.15) is 5.10 Å². The van der Waals surface area contributed by atoms with Gasteiger partial charge in [-0.3, -0.25) is 5.10 Å². The second kappa shape index (κ2) is 3.60. The number of nitrogens with zero attached hydrogens (tertiary/aromatic N) is 3. The van der Waals surface area contributed by atoms with Gasteiger partial charge in [-0.1, -0.05) is 6.07 Å². The summed E-state index contributed by atoms with van der Waals surface area (Å²) in [7, 11) is 0. The number of hydrogen-bond acceptors (Lipinski definition) is 3. The number of anilines is 1. The van der Waals surface area contributed by atoms with Gasteiger partial charge in [0, 0.05) is 6.04 Å². The average Bonchev–Trinajstić information content (AvgIpc) is 3.03. The van der Waals surface area contributed by atoms with Gasteiger partial charge in [0.15, 0.2) is 0 Å². The number of imidazole rings is 1. The Morgan fingerprint density at radius 2 is 2.21 bits per heavy atom. The van der Waals surface area contributed by atoms with Crippen LogP contribution in [0.5, 0.6) is 0 Å². The summed E-state index contributed by atoms with van der Waals surface area (Å²) in [6.07, 6.45) is 4.18. The first kappa shape index (κ1) is 10.6. The molecule has 1 aromatic carbocycles. The normalized spacial score (nSPS) is 15.2. The van der Waals surface area contributed by atoms with Crippen molar-refractivity contribution in [2.45, 2.75) is 25.8 Å². The van der Waals surface area contributed by atoms with E-state index < -0.39 is 0 Å². The Balaban J connectivity index is 2.04. The largest absolute Gasteiger partial charge is 0.383 e. The summed E-state index contributed by atoms with van der Waals surface area (Å²) in [5.74, 6) is 1.50. The van der Waals surface area contributed by atoms with Crippen molar-refractivity contribution in [3.63, 3.8) is 0 Å². The van der Waals surface area contributed by atoms with Crippen LogP contribution in [0.4, 0.5) is 5.82 Å². The van der Waals surface area contributed by atoms with Gasteiger partial charge in [0.2, 0.25) is 0 Å². The Morgan fingerprint density at radius 3 is 2.89 bits per heavy atom. The van der Waals surface area contributed by atoms with Crippen molar-refractivity contribution >= 4 is 16.9 Å². The number of aryl methyl sites for hydroxylation is 1. The Hall–Kier alpha value is -2.30. The van der Waals surface area contributed by atoms with E-state index in [0.717, 1.165) is 16.9 Å². The first-order valence-electron chi connectivity index (χ1n) is 6.52. The van der Waals surface area contributed by atoms with Crippen LogP contribution in [0.2, 0.25) is 0 Å². The molecule has 0 bridgehead atoms. The van der Waals surface area contributed by atoms with Crippen LogP contribution in [0.15, 0.2) is 24.4 Å². The quantitative estimate of drug-likeness (QED) is 0.737. The van der Waals surface area contributed by atoms with Gasteiger partial charge in [0.1, 0.15) is 11.6 Å². The highest BCUT2D eigenvalue weighted by Gasteiger charge is 2.29. The van der Waals surface area contributed by atoms with Gasteiger partial charge in [-0.25, -0.2) is 4.98 Å². The molecule has 4 rings (SSSR count). The summed E-state index contributed by atoms with van der Waals surface area (Å²) in [5, 5.41) is 6.79. The molecule has 5 heteroatoms. The smallest absolute Gasteiger partial charge is 0.146 e. The number of aromatic nitrogens is 4. The van der Waals surface area contributed by atoms with E-state index in [4.69, 9.17) is 10.7 Å². The van der Waals surface area contributed by atoms with Gasteiger partial charge in [0.05, 0.1) is 22.8 Å². The van der Waals surface area contributed by atoms with E-state index in [1.54, 1.807) is 6.20 Å². The molecule has 0 atom stereocenters. The minimum absolute atomic E-state index is 0.553. The lowest BCUT2D eigenvalue weighted by Gasteiger charge is -2.06. The molecule has 3 N–H and O–H groups in total. The maximum absolute atomic E-state index is 5.94. The first-order chi connectivity index (χ1) is 9.24. The molecule has 2 aromatic heterocycles. The third kappa shape index (κ3) is 1.54. The van der Waals surface area contributed by atoms with Crippen molar-refractivity contribution in [1.29, 1.82) is 0 Å². The number of H-pyrrole nitrogens is 1. The summed E-state index contributed by atoms with van der Waals surface area (Å²) in [6, 6.07) is 6.95. The van der Waals surface area contributed by atoms with Crippen molar-refractivity contribution in [3.05, 3.63) is 30.0 Å². The highest BCUT2D eigenvalue weighted by atomic mass is 15.2. The van der Waals surface area contributed by atoms with Crippen molar-refractivity contribution < 1.29 is 0 Å². The minimum atomic E-state index is 0.553. The molecule has 1 aliphatic rings. The molecule has 0 aliphatic heterocycles. The van der Waals surface area contributed by atoms with E-state index >= 15 is 0 Å². The summed E-state index contributed by atoms with van der Waals surface area (Å²) < 4.78 is 2.30. The van der Waals surface area contributed by atoms with Gasteiger partial charge in [-0.15, -0.1) is 0 Å². The Labute approximate surface area is 110 Å². The minimum Gasteiger partial charge on any atom is -0.383 e. The number of rotatable bonds is 2. The second-order valence-electron chi connectivity index (χ2n) is 5.23. The van der Waals surface area contributed by atoms with E-state index in [1.807, 2.05) is 0 Å². The second-order valence-corrected chi connectivity index (χ2v) is 5.23.